The Hall–Kier alpha value is -1.62. The molecule has 0 aromatic carbocycles. The Morgan fingerprint density at radius 3 is 2.72 bits per heavy atom. The minimum atomic E-state index is -1.24. The third-order valence-electron chi connectivity index (χ3n) is 3.22. The summed E-state index contributed by atoms with van der Waals surface area (Å²) in [6.07, 6.45) is 4.41. The maximum atomic E-state index is 12.0. The van der Waals surface area contributed by atoms with Crippen molar-refractivity contribution in [2.24, 2.45) is 5.92 Å². The highest BCUT2D eigenvalue weighted by Gasteiger charge is 2.48. The van der Waals surface area contributed by atoms with E-state index in [9.17, 15) is 14.7 Å². The number of pyridine rings is 1. The van der Waals surface area contributed by atoms with E-state index in [0.29, 0.717) is 0 Å². The number of rotatable bonds is 4. The summed E-state index contributed by atoms with van der Waals surface area (Å²) in [4.78, 5) is 27.1. The molecule has 1 amide bonds. The minimum absolute atomic E-state index is 0.0191. The maximum Gasteiger partial charge on any atom is 0.329 e. The number of hydrogen-bond acceptors (Lipinski definition) is 3. The van der Waals surface area contributed by atoms with Gasteiger partial charge in [0.05, 0.1) is 10.6 Å². The van der Waals surface area contributed by atoms with Crippen molar-refractivity contribution in [2.75, 3.05) is 0 Å². The lowest BCUT2D eigenvalue weighted by Gasteiger charge is -2.26. The summed E-state index contributed by atoms with van der Waals surface area (Å²) < 4.78 is 0. The number of carboxylic acids is 1. The molecule has 2 rings (SSSR count). The second-order valence-corrected chi connectivity index (χ2v) is 5.00. The lowest BCUT2D eigenvalue weighted by atomic mass is 9.95. The summed E-state index contributed by atoms with van der Waals surface area (Å²) in [6, 6.07) is 1.49. The van der Waals surface area contributed by atoms with E-state index < -0.39 is 17.4 Å². The van der Waals surface area contributed by atoms with Gasteiger partial charge >= 0.3 is 5.97 Å². The zero-order chi connectivity index (χ0) is 13.3. The van der Waals surface area contributed by atoms with Gasteiger partial charge in [-0.3, -0.25) is 9.78 Å². The van der Waals surface area contributed by atoms with E-state index in [-0.39, 0.29) is 16.5 Å². The second kappa shape index (κ2) is 4.57. The molecule has 0 saturated heterocycles. The van der Waals surface area contributed by atoms with Gasteiger partial charge < -0.3 is 10.4 Å². The average molecular weight is 269 g/mol. The Balaban J connectivity index is 2.20. The molecule has 0 radical (unpaired) electrons. The predicted octanol–water partition coefficient (Wildman–Crippen LogP) is 1.72. The molecule has 5 nitrogen and oxygen atoms in total. The van der Waals surface area contributed by atoms with E-state index in [4.69, 9.17) is 11.6 Å². The fourth-order valence-electron chi connectivity index (χ4n) is 1.84. The van der Waals surface area contributed by atoms with E-state index in [1.165, 1.54) is 25.4 Å². The van der Waals surface area contributed by atoms with E-state index in [1.807, 2.05) is 0 Å². The normalized spacial score (nSPS) is 17.9. The molecule has 0 bridgehead atoms. The molecule has 18 heavy (non-hydrogen) atoms. The molecule has 1 aromatic rings. The summed E-state index contributed by atoms with van der Waals surface area (Å²) >= 11 is 5.87. The third kappa shape index (κ3) is 2.31. The zero-order valence-corrected chi connectivity index (χ0v) is 10.6. The molecule has 1 atom stereocenters. The van der Waals surface area contributed by atoms with Crippen LogP contribution in [0.25, 0.3) is 0 Å². The Kier molecular flexibility index (Phi) is 3.26. The zero-order valence-electron chi connectivity index (χ0n) is 9.81. The van der Waals surface area contributed by atoms with Gasteiger partial charge in [0.2, 0.25) is 0 Å². The maximum absolute atomic E-state index is 12.0. The van der Waals surface area contributed by atoms with E-state index in [0.717, 1.165) is 12.8 Å². The van der Waals surface area contributed by atoms with Gasteiger partial charge in [0.25, 0.3) is 5.91 Å². The predicted molar refractivity (Wildman–Crippen MR) is 65.5 cm³/mol. The number of carboxylic acid groups (broad SMARTS) is 1. The lowest BCUT2D eigenvalue weighted by Crippen LogP contribution is -2.54. The monoisotopic (exact) mass is 268 g/mol. The van der Waals surface area contributed by atoms with Gasteiger partial charge in [0.1, 0.15) is 5.54 Å². The number of carbonyl (C=O) groups excluding carboxylic acids is 1. The van der Waals surface area contributed by atoms with Gasteiger partial charge in [-0.15, -0.1) is 0 Å². The van der Waals surface area contributed by atoms with Crippen molar-refractivity contribution in [3.8, 4) is 0 Å². The van der Waals surface area contributed by atoms with Crippen LogP contribution in [-0.2, 0) is 4.79 Å². The Morgan fingerprint density at radius 2 is 2.22 bits per heavy atom. The fourth-order valence-corrected chi connectivity index (χ4v) is 2.03. The standard InChI is InChI=1S/C12H13ClN2O3/c1-12(11(17)18,7-2-3-7)15-10(16)8-6-14-5-4-9(8)13/h4-7H,2-3H2,1H3,(H,15,16)(H,17,18). The highest BCUT2D eigenvalue weighted by molar-refractivity contribution is 6.33. The summed E-state index contributed by atoms with van der Waals surface area (Å²) in [5.41, 5.74) is -1.05. The van der Waals surface area contributed by atoms with Crippen LogP contribution < -0.4 is 5.32 Å². The van der Waals surface area contributed by atoms with Crippen LogP contribution in [0.15, 0.2) is 18.5 Å². The molecule has 1 unspecified atom stereocenters. The lowest BCUT2D eigenvalue weighted by molar-refractivity contribution is -0.144. The third-order valence-corrected chi connectivity index (χ3v) is 3.55. The summed E-state index contributed by atoms with van der Waals surface area (Å²) in [7, 11) is 0. The molecule has 1 heterocycles. The average Bonchev–Trinajstić information content (AvgIpc) is 3.13. The largest absolute Gasteiger partial charge is 0.480 e. The summed E-state index contributed by atoms with van der Waals surface area (Å²) in [5, 5.41) is 12.0. The number of nitrogens with zero attached hydrogens (tertiary/aromatic N) is 1. The molecule has 1 aliphatic carbocycles. The van der Waals surface area contributed by atoms with Gasteiger partial charge in [-0.05, 0) is 31.7 Å². The topological polar surface area (TPSA) is 79.3 Å². The first-order valence-corrected chi connectivity index (χ1v) is 5.98. The number of aliphatic carboxylic acids is 1. The SMILES string of the molecule is CC(NC(=O)c1cnccc1Cl)(C(=O)O)C1CC1. The van der Waals surface area contributed by atoms with Crippen molar-refractivity contribution in [3.63, 3.8) is 0 Å². The molecule has 1 fully saturated rings. The van der Waals surface area contributed by atoms with Crippen molar-refractivity contribution >= 4 is 23.5 Å². The Bertz CT molecular complexity index is 502. The Labute approximate surface area is 109 Å². The van der Waals surface area contributed by atoms with Crippen LogP contribution in [0.1, 0.15) is 30.1 Å². The molecule has 0 aliphatic heterocycles. The van der Waals surface area contributed by atoms with Crippen molar-refractivity contribution in [1.82, 2.24) is 10.3 Å². The van der Waals surface area contributed by atoms with Crippen molar-refractivity contribution in [3.05, 3.63) is 29.0 Å². The number of nitrogens with one attached hydrogen (secondary N) is 1. The molecule has 1 saturated carbocycles. The van der Waals surface area contributed by atoms with Gasteiger partial charge in [-0.1, -0.05) is 11.6 Å². The van der Waals surface area contributed by atoms with E-state index >= 15 is 0 Å². The number of aromatic nitrogens is 1. The molecule has 2 N–H and O–H groups in total. The van der Waals surface area contributed by atoms with Crippen LogP contribution in [0.4, 0.5) is 0 Å². The second-order valence-electron chi connectivity index (χ2n) is 4.59. The summed E-state index contributed by atoms with van der Waals surface area (Å²) in [5.74, 6) is -1.56. The van der Waals surface area contributed by atoms with Gasteiger partial charge in [-0.2, -0.15) is 0 Å². The van der Waals surface area contributed by atoms with Gasteiger partial charge in [0, 0.05) is 12.4 Å². The first-order valence-electron chi connectivity index (χ1n) is 5.60. The van der Waals surface area contributed by atoms with E-state index in [2.05, 4.69) is 10.3 Å². The number of halogens is 1. The van der Waals surface area contributed by atoms with Crippen LogP contribution in [0.3, 0.4) is 0 Å². The highest BCUT2D eigenvalue weighted by Crippen LogP contribution is 2.40. The van der Waals surface area contributed by atoms with Crippen LogP contribution in [0, 0.1) is 5.92 Å². The van der Waals surface area contributed by atoms with Crippen molar-refractivity contribution in [2.45, 2.75) is 25.3 Å². The molecule has 1 aromatic heterocycles. The fraction of sp³-hybridized carbons (Fsp3) is 0.417. The van der Waals surface area contributed by atoms with Crippen LogP contribution in [-0.4, -0.2) is 27.5 Å². The van der Waals surface area contributed by atoms with E-state index in [1.54, 1.807) is 0 Å². The quantitative estimate of drug-likeness (QED) is 0.871. The molecule has 0 spiro atoms. The van der Waals surface area contributed by atoms with Crippen LogP contribution in [0.2, 0.25) is 5.02 Å². The number of hydrogen-bond donors (Lipinski definition) is 2. The molecular formula is C12H13ClN2O3. The van der Waals surface area contributed by atoms with Crippen molar-refractivity contribution in [1.29, 1.82) is 0 Å². The Morgan fingerprint density at radius 1 is 1.56 bits per heavy atom. The van der Waals surface area contributed by atoms with Crippen molar-refractivity contribution < 1.29 is 14.7 Å². The van der Waals surface area contributed by atoms with Crippen LogP contribution in [0.5, 0.6) is 0 Å². The van der Waals surface area contributed by atoms with Gasteiger partial charge in [-0.25, -0.2) is 4.79 Å². The minimum Gasteiger partial charge on any atom is -0.480 e. The smallest absolute Gasteiger partial charge is 0.329 e. The first kappa shape index (κ1) is 12.8. The molecule has 6 heteroatoms. The number of carbonyl (C=O) groups is 2. The summed E-state index contributed by atoms with van der Waals surface area (Å²) in [6.45, 7) is 1.52. The highest BCUT2D eigenvalue weighted by atomic mass is 35.5. The first-order chi connectivity index (χ1) is 8.45. The molecule has 96 valence electrons. The van der Waals surface area contributed by atoms with Crippen LogP contribution >= 0.6 is 11.6 Å². The van der Waals surface area contributed by atoms with Gasteiger partial charge in [0.15, 0.2) is 0 Å². The molecular weight excluding hydrogens is 256 g/mol. The number of amides is 1. The molecule has 1 aliphatic rings.